The van der Waals surface area contributed by atoms with E-state index in [1.807, 2.05) is 6.20 Å². The van der Waals surface area contributed by atoms with Gasteiger partial charge in [0, 0.05) is 49.7 Å². The zero-order valence-corrected chi connectivity index (χ0v) is 15.2. The summed E-state index contributed by atoms with van der Waals surface area (Å²) in [6, 6.07) is 8.46. The van der Waals surface area contributed by atoms with Gasteiger partial charge < -0.3 is 13.8 Å². The summed E-state index contributed by atoms with van der Waals surface area (Å²) < 4.78 is 14.0. The van der Waals surface area contributed by atoms with Crippen molar-refractivity contribution in [1.29, 1.82) is 0 Å². The standard InChI is InChI=1S/C21H25N3O2/c1-23-10-9-18-19(23)3-2-4-20(18)25-17-7-11-24(12-8-17)14-16-13-22-26-21(16)15-5-6-15/h2-4,9-10,13,15,17H,5-8,11-12,14H2,1H3. The molecule has 1 saturated carbocycles. The number of nitrogens with zero attached hydrogens (tertiary/aromatic N) is 3. The molecule has 1 aromatic carbocycles. The van der Waals surface area contributed by atoms with Crippen molar-refractivity contribution in [3.05, 3.63) is 48.0 Å². The summed E-state index contributed by atoms with van der Waals surface area (Å²) in [5.41, 5.74) is 2.50. The Bertz CT molecular complexity index is 901. The SMILES string of the molecule is Cn1ccc2c(OC3CCN(Cc4cnoc4C4CC4)CC3)cccc21. The van der Waals surface area contributed by atoms with Crippen LogP contribution in [0.15, 0.2) is 41.2 Å². The highest BCUT2D eigenvalue weighted by Crippen LogP contribution is 2.42. The van der Waals surface area contributed by atoms with Crippen LogP contribution in [0.2, 0.25) is 0 Å². The van der Waals surface area contributed by atoms with Crippen LogP contribution in [-0.2, 0) is 13.6 Å². The number of rotatable bonds is 5. The van der Waals surface area contributed by atoms with E-state index in [2.05, 4.69) is 52.1 Å². The van der Waals surface area contributed by atoms with Crippen LogP contribution in [-0.4, -0.2) is 33.8 Å². The summed E-state index contributed by atoms with van der Waals surface area (Å²) >= 11 is 0. The van der Waals surface area contributed by atoms with Crippen LogP contribution in [0.3, 0.4) is 0 Å². The molecule has 0 radical (unpaired) electrons. The highest BCUT2D eigenvalue weighted by Gasteiger charge is 2.31. The van der Waals surface area contributed by atoms with Crippen LogP contribution in [0, 0.1) is 0 Å². The van der Waals surface area contributed by atoms with Gasteiger partial charge in [0.2, 0.25) is 0 Å². The zero-order chi connectivity index (χ0) is 17.5. The molecule has 0 spiro atoms. The Labute approximate surface area is 153 Å². The second-order valence-corrected chi connectivity index (χ2v) is 7.70. The van der Waals surface area contributed by atoms with Gasteiger partial charge in [-0.25, -0.2) is 0 Å². The maximum atomic E-state index is 6.37. The van der Waals surface area contributed by atoms with E-state index in [0.29, 0.717) is 12.0 Å². The molecular formula is C21H25N3O2. The molecule has 1 aliphatic carbocycles. The van der Waals surface area contributed by atoms with Crippen molar-refractivity contribution < 1.29 is 9.26 Å². The average Bonchev–Trinajstić information content (AvgIpc) is 3.29. The summed E-state index contributed by atoms with van der Waals surface area (Å²) in [6.45, 7) is 3.08. The first-order valence-electron chi connectivity index (χ1n) is 9.64. The maximum absolute atomic E-state index is 6.37. The average molecular weight is 351 g/mol. The minimum absolute atomic E-state index is 0.294. The summed E-state index contributed by atoms with van der Waals surface area (Å²) in [6.07, 6.45) is 8.93. The van der Waals surface area contributed by atoms with E-state index < -0.39 is 0 Å². The summed E-state index contributed by atoms with van der Waals surface area (Å²) in [7, 11) is 2.07. The third-order valence-electron chi connectivity index (χ3n) is 5.73. The first-order valence-corrected chi connectivity index (χ1v) is 9.64. The van der Waals surface area contributed by atoms with Crippen molar-refractivity contribution in [2.24, 2.45) is 7.05 Å². The number of ether oxygens (including phenoxy) is 1. The molecule has 136 valence electrons. The van der Waals surface area contributed by atoms with Crippen molar-refractivity contribution in [2.75, 3.05) is 13.1 Å². The van der Waals surface area contributed by atoms with Crippen LogP contribution in [0.1, 0.15) is 42.9 Å². The minimum Gasteiger partial charge on any atom is -0.490 e. The van der Waals surface area contributed by atoms with Gasteiger partial charge in [-0.1, -0.05) is 11.2 Å². The van der Waals surface area contributed by atoms with Crippen molar-refractivity contribution in [3.63, 3.8) is 0 Å². The highest BCUT2D eigenvalue weighted by atomic mass is 16.5. The second kappa shape index (κ2) is 6.47. The molecule has 3 aromatic rings. The lowest BCUT2D eigenvalue weighted by Gasteiger charge is -2.32. The monoisotopic (exact) mass is 351 g/mol. The molecule has 0 N–H and O–H groups in total. The molecule has 1 aliphatic heterocycles. The lowest BCUT2D eigenvalue weighted by molar-refractivity contribution is 0.0976. The molecule has 5 heteroatoms. The Hall–Kier alpha value is -2.27. The quantitative estimate of drug-likeness (QED) is 0.694. The first-order chi connectivity index (χ1) is 12.8. The number of hydrogen-bond donors (Lipinski definition) is 0. The zero-order valence-electron chi connectivity index (χ0n) is 15.2. The van der Waals surface area contributed by atoms with E-state index >= 15 is 0 Å². The Kier molecular flexibility index (Phi) is 3.97. The van der Waals surface area contributed by atoms with Gasteiger partial charge in [0.15, 0.2) is 0 Å². The molecule has 5 nitrogen and oxygen atoms in total. The maximum Gasteiger partial charge on any atom is 0.144 e. The number of hydrogen-bond acceptors (Lipinski definition) is 4. The van der Waals surface area contributed by atoms with Gasteiger partial charge in [-0.05, 0) is 43.9 Å². The van der Waals surface area contributed by atoms with Gasteiger partial charge in [-0.3, -0.25) is 4.90 Å². The van der Waals surface area contributed by atoms with Gasteiger partial charge in [-0.15, -0.1) is 0 Å². The first kappa shape index (κ1) is 15.9. The molecule has 0 unspecified atom stereocenters. The fraction of sp³-hybridized carbons (Fsp3) is 0.476. The molecule has 2 aliphatic rings. The Morgan fingerprint density at radius 3 is 2.81 bits per heavy atom. The summed E-state index contributed by atoms with van der Waals surface area (Å²) in [5, 5.41) is 5.23. The predicted octanol–water partition coefficient (Wildman–Crippen LogP) is 4.09. The number of aromatic nitrogens is 2. The van der Waals surface area contributed by atoms with Crippen LogP contribution >= 0.6 is 0 Å². The van der Waals surface area contributed by atoms with E-state index in [1.54, 1.807) is 0 Å². The summed E-state index contributed by atoms with van der Waals surface area (Å²) in [4.78, 5) is 2.50. The molecule has 0 amide bonds. The Morgan fingerprint density at radius 2 is 2.00 bits per heavy atom. The number of piperidine rings is 1. The van der Waals surface area contributed by atoms with Gasteiger partial charge in [0.25, 0.3) is 0 Å². The molecule has 26 heavy (non-hydrogen) atoms. The van der Waals surface area contributed by atoms with Crippen LogP contribution in [0.5, 0.6) is 5.75 Å². The third-order valence-corrected chi connectivity index (χ3v) is 5.73. The molecule has 0 bridgehead atoms. The van der Waals surface area contributed by atoms with Gasteiger partial charge in [0.1, 0.15) is 17.6 Å². The topological polar surface area (TPSA) is 43.4 Å². The third kappa shape index (κ3) is 3.01. The van der Waals surface area contributed by atoms with Gasteiger partial charge in [-0.2, -0.15) is 0 Å². The minimum atomic E-state index is 0.294. The van der Waals surface area contributed by atoms with Crippen LogP contribution < -0.4 is 4.74 Å². The lowest BCUT2D eigenvalue weighted by atomic mass is 10.1. The van der Waals surface area contributed by atoms with Gasteiger partial charge >= 0.3 is 0 Å². The number of benzene rings is 1. The second-order valence-electron chi connectivity index (χ2n) is 7.70. The number of likely N-dealkylation sites (tertiary alicyclic amines) is 1. The van der Waals surface area contributed by atoms with Crippen molar-refractivity contribution in [2.45, 2.75) is 44.2 Å². The molecule has 2 fully saturated rings. The highest BCUT2D eigenvalue weighted by molar-refractivity contribution is 5.86. The lowest BCUT2D eigenvalue weighted by Crippen LogP contribution is -2.37. The van der Waals surface area contributed by atoms with Crippen molar-refractivity contribution >= 4 is 10.9 Å². The Morgan fingerprint density at radius 1 is 1.15 bits per heavy atom. The molecule has 2 aromatic heterocycles. The molecule has 0 atom stereocenters. The largest absolute Gasteiger partial charge is 0.490 e. The predicted molar refractivity (Wildman–Crippen MR) is 100 cm³/mol. The number of fused-ring (bicyclic) bond motifs is 1. The van der Waals surface area contributed by atoms with E-state index in [1.165, 1.54) is 29.3 Å². The van der Waals surface area contributed by atoms with E-state index in [9.17, 15) is 0 Å². The van der Waals surface area contributed by atoms with E-state index in [-0.39, 0.29) is 0 Å². The Balaban J connectivity index is 1.21. The molecule has 3 heterocycles. The summed E-state index contributed by atoms with van der Waals surface area (Å²) in [5.74, 6) is 2.76. The van der Waals surface area contributed by atoms with Crippen molar-refractivity contribution in [1.82, 2.24) is 14.6 Å². The van der Waals surface area contributed by atoms with E-state index in [4.69, 9.17) is 9.26 Å². The number of aryl methyl sites for hydroxylation is 1. The fourth-order valence-electron chi connectivity index (χ4n) is 4.05. The molecule has 5 rings (SSSR count). The smallest absolute Gasteiger partial charge is 0.144 e. The normalized spacial score (nSPS) is 19.3. The van der Waals surface area contributed by atoms with Crippen LogP contribution in [0.4, 0.5) is 0 Å². The van der Waals surface area contributed by atoms with Crippen molar-refractivity contribution in [3.8, 4) is 5.75 Å². The van der Waals surface area contributed by atoms with Crippen LogP contribution in [0.25, 0.3) is 10.9 Å². The molecular weight excluding hydrogens is 326 g/mol. The van der Waals surface area contributed by atoms with Gasteiger partial charge in [0.05, 0.1) is 11.7 Å². The molecule has 1 saturated heterocycles. The van der Waals surface area contributed by atoms with E-state index in [0.717, 1.165) is 44.0 Å². The fourth-order valence-corrected chi connectivity index (χ4v) is 4.05.